The van der Waals surface area contributed by atoms with Crippen LogP contribution in [0.4, 0.5) is 13.2 Å². The number of rotatable bonds is 6. The fraction of sp³-hybridized carbons (Fsp3) is 0.440. The van der Waals surface area contributed by atoms with Gasteiger partial charge in [-0.2, -0.15) is 13.2 Å². The number of imidazole rings is 1. The summed E-state index contributed by atoms with van der Waals surface area (Å²) in [6.45, 7) is 2.06. The second-order valence-electron chi connectivity index (χ2n) is 9.91. The number of carbonyl (C=O) groups excluding carboxylic acids is 1. The van der Waals surface area contributed by atoms with Crippen molar-refractivity contribution in [3.8, 4) is 0 Å². The van der Waals surface area contributed by atoms with Gasteiger partial charge in [0.2, 0.25) is 0 Å². The Bertz CT molecular complexity index is 1380. The van der Waals surface area contributed by atoms with Crippen molar-refractivity contribution in [2.45, 2.75) is 42.7 Å². The van der Waals surface area contributed by atoms with Gasteiger partial charge in [0.05, 0.1) is 16.5 Å². The van der Waals surface area contributed by atoms with Gasteiger partial charge < -0.3 is 9.30 Å². The molecule has 3 heterocycles. The van der Waals surface area contributed by atoms with Crippen LogP contribution < -0.4 is 0 Å². The number of likely N-dealkylation sites (tertiary alicyclic amines) is 1. The molecule has 3 unspecified atom stereocenters. The largest absolute Gasteiger partial charge is 0.391 e. The fourth-order valence-corrected chi connectivity index (χ4v) is 5.77. The molecule has 5 rings (SSSR count). The molecule has 2 aliphatic rings. The molecular weight excluding hydrogens is 479 g/mol. The molecule has 2 aromatic heterocycles. The van der Waals surface area contributed by atoms with Crippen molar-refractivity contribution in [3.63, 3.8) is 0 Å². The van der Waals surface area contributed by atoms with Crippen LogP contribution in [0, 0.1) is 11.8 Å². The zero-order valence-electron chi connectivity index (χ0n) is 19.4. The number of aryl methyl sites for hydroxylation is 1. The lowest BCUT2D eigenvalue weighted by atomic mass is 9.96. The van der Waals surface area contributed by atoms with Gasteiger partial charge in [0.15, 0.2) is 9.84 Å². The van der Waals surface area contributed by atoms with Gasteiger partial charge in [0, 0.05) is 42.7 Å². The van der Waals surface area contributed by atoms with E-state index in [1.165, 1.54) is 18.2 Å². The van der Waals surface area contributed by atoms with Crippen LogP contribution in [-0.2, 0) is 21.7 Å². The van der Waals surface area contributed by atoms with E-state index in [0.717, 1.165) is 30.9 Å². The molecule has 1 aromatic carbocycles. The Kier molecular flexibility index (Phi) is 5.50. The molecule has 1 amide bonds. The highest BCUT2D eigenvalue weighted by Crippen LogP contribution is 2.58. The molecule has 10 heteroatoms. The van der Waals surface area contributed by atoms with Crippen LogP contribution in [-0.4, -0.2) is 54.1 Å². The van der Waals surface area contributed by atoms with Gasteiger partial charge in [-0.1, -0.05) is 19.1 Å². The molecule has 0 spiro atoms. The zero-order chi connectivity index (χ0) is 25.2. The number of halogens is 3. The van der Waals surface area contributed by atoms with E-state index in [4.69, 9.17) is 4.98 Å². The lowest BCUT2D eigenvalue weighted by Crippen LogP contribution is -2.33. The molecule has 1 aliphatic heterocycles. The monoisotopic (exact) mass is 505 g/mol. The standard InChI is InChI=1S/C25H26F3N3O3S/c1-16(25(26,27)28)6-7-17-8-9-19(35(2,33)34)11-20(17)23(32)31-13-18-12-24(18,15-31)21-14-30-10-4-3-5-22(30)29-21/h3-5,8-11,14,16,18H,6-7,12-13,15H2,1-2H3. The summed E-state index contributed by atoms with van der Waals surface area (Å²) in [6.07, 6.45) is 1.38. The number of fused-ring (bicyclic) bond motifs is 2. The Hall–Kier alpha value is -2.88. The average molecular weight is 506 g/mol. The van der Waals surface area contributed by atoms with E-state index in [-0.39, 0.29) is 40.5 Å². The van der Waals surface area contributed by atoms with Gasteiger partial charge in [-0.05, 0) is 55.0 Å². The highest BCUT2D eigenvalue weighted by molar-refractivity contribution is 7.90. The van der Waals surface area contributed by atoms with E-state index in [0.29, 0.717) is 18.7 Å². The molecular formula is C25H26F3N3O3S. The van der Waals surface area contributed by atoms with Crippen LogP contribution in [0.3, 0.4) is 0 Å². The molecule has 186 valence electrons. The second kappa shape index (κ2) is 8.08. The summed E-state index contributed by atoms with van der Waals surface area (Å²) in [4.78, 5) is 20.0. The van der Waals surface area contributed by atoms with E-state index < -0.39 is 21.9 Å². The normalized spacial score (nSPS) is 22.9. The Morgan fingerprint density at radius 2 is 2.03 bits per heavy atom. The lowest BCUT2D eigenvalue weighted by molar-refractivity contribution is -0.170. The minimum atomic E-state index is -4.33. The SMILES string of the molecule is CC(CCc1ccc(S(C)(=O)=O)cc1C(=O)N1CC2CC2(c2cn3ccccc3n2)C1)C(F)(F)F. The molecule has 0 radical (unpaired) electrons. The lowest BCUT2D eigenvalue weighted by Gasteiger charge is -2.23. The van der Waals surface area contributed by atoms with Crippen LogP contribution in [0.15, 0.2) is 53.7 Å². The van der Waals surface area contributed by atoms with Crippen molar-refractivity contribution < 1.29 is 26.4 Å². The topological polar surface area (TPSA) is 71.8 Å². The smallest absolute Gasteiger partial charge is 0.337 e. The van der Waals surface area contributed by atoms with Crippen molar-refractivity contribution in [1.82, 2.24) is 14.3 Å². The second-order valence-corrected chi connectivity index (χ2v) is 11.9. The first kappa shape index (κ1) is 23.8. The average Bonchev–Trinajstić information content (AvgIpc) is 3.15. The van der Waals surface area contributed by atoms with Crippen LogP contribution in [0.5, 0.6) is 0 Å². The molecule has 1 saturated carbocycles. The number of carbonyl (C=O) groups is 1. The minimum absolute atomic E-state index is 0.0205. The van der Waals surface area contributed by atoms with Gasteiger partial charge in [-0.3, -0.25) is 4.79 Å². The number of piperidine rings is 1. The van der Waals surface area contributed by atoms with Crippen LogP contribution in [0.25, 0.3) is 5.65 Å². The summed E-state index contributed by atoms with van der Waals surface area (Å²) in [5, 5.41) is 0. The number of aromatic nitrogens is 2. The van der Waals surface area contributed by atoms with E-state index in [2.05, 4.69) is 0 Å². The van der Waals surface area contributed by atoms with Crippen molar-refractivity contribution in [2.75, 3.05) is 19.3 Å². The molecule has 0 N–H and O–H groups in total. The molecule has 1 saturated heterocycles. The Labute approximate surface area is 201 Å². The number of sulfone groups is 1. The zero-order valence-corrected chi connectivity index (χ0v) is 20.2. The van der Waals surface area contributed by atoms with E-state index in [1.54, 1.807) is 4.90 Å². The predicted octanol–water partition coefficient (Wildman–Crippen LogP) is 4.28. The van der Waals surface area contributed by atoms with E-state index >= 15 is 0 Å². The first-order valence-corrected chi connectivity index (χ1v) is 13.4. The summed E-state index contributed by atoms with van der Waals surface area (Å²) < 4.78 is 65.3. The first-order chi connectivity index (χ1) is 16.4. The maximum absolute atomic E-state index is 13.6. The Morgan fingerprint density at radius 1 is 1.26 bits per heavy atom. The van der Waals surface area contributed by atoms with E-state index in [1.807, 2.05) is 35.0 Å². The van der Waals surface area contributed by atoms with Crippen LogP contribution in [0.2, 0.25) is 0 Å². The minimum Gasteiger partial charge on any atom is -0.337 e. The highest BCUT2D eigenvalue weighted by atomic mass is 32.2. The summed E-state index contributed by atoms with van der Waals surface area (Å²) in [5.74, 6) is -1.62. The first-order valence-electron chi connectivity index (χ1n) is 11.5. The number of benzene rings is 1. The van der Waals surface area contributed by atoms with Gasteiger partial charge in [-0.15, -0.1) is 0 Å². The summed E-state index contributed by atoms with van der Waals surface area (Å²) in [7, 11) is -3.59. The van der Waals surface area contributed by atoms with E-state index in [9.17, 15) is 26.4 Å². The number of hydrogen-bond donors (Lipinski definition) is 0. The van der Waals surface area contributed by atoms with Crippen molar-refractivity contribution in [2.24, 2.45) is 11.8 Å². The van der Waals surface area contributed by atoms with Crippen molar-refractivity contribution in [1.29, 1.82) is 0 Å². The summed E-state index contributed by atoms with van der Waals surface area (Å²) >= 11 is 0. The Balaban J connectivity index is 1.42. The molecule has 1 aliphatic carbocycles. The number of alkyl halides is 3. The number of hydrogen-bond acceptors (Lipinski definition) is 4. The molecule has 2 fully saturated rings. The summed E-state index contributed by atoms with van der Waals surface area (Å²) in [5.41, 5.74) is 2.11. The third kappa shape index (κ3) is 4.32. The third-order valence-electron chi connectivity index (χ3n) is 7.45. The quantitative estimate of drug-likeness (QED) is 0.501. The third-order valence-corrected chi connectivity index (χ3v) is 8.56. The fourth-order valence-electron chi connectivity index (χ4n) is 5.12. The molecule has 6 nitrogen and oxygen atoms in total. The van der Waals surface area contributed by atoms with Gasteiger partial charge in [0.25, 0.3) is 5.91 Å². The van der Waals surface area contributed by atoms with Gasteiger partial charge in [-0.25, -0.2) is 13.4 Å². The molecule has 35 heavy (non-hydrogen) atoms. The van der Waals surface area contributed by atoms with Gasteiger partial charge >= 0.3 is 6.18 Å². The molecule has 3 aromatic rings. The predicted molar refractivity (Wildman–Crippen MR) is 124 cm³/mol. The number of amides is 1. The Morgan fingerprint density at radius 3 is 2.71 bits per heavy atom. The van der Waals surface area contributed by atoms with Crippen molar-refractivity contribution in [3.05, 3.63) is 65.6 Å². The van der Waals surface area contributed by atoms with Crippen LogP contribution >= 0.6 is 0 Å². The summed E-state index contributed by atoms with van der Waals surface area (Å²) in [6, 6.07) is 9.89. The van der Waals surface area contributed by atoms with Crippen molar-refractivity contribution >= 4 is 21.4 Å². The number of nitrogens with zero attached hydrogens (tertiary/aromatic N) is 3. The van der Waals surface area contributed by atoms with Gasteiger partial charge in [0.1, 0.15) is 5.65 Å². The molecule has 3 atom stereocenters. The molecule has 0 bridgehead atoms. The maximum Gasteiger partial charge on any atom is 0.391 e. The highest BCUT2D eigenvalue weighted by Gasteiger charge is 2.63. The maximum atomic E-state index is 13.6. The number of pyridine rings is 1. The van der Waals surface area contributed by atoms with Crippen LogP contribution in [0.1, 0.15) is 41.4 Å².